The summed E-state index contributed by atoms with van der Waals surface area (Å²) in [5, 5.41) is 3.96. The molecule has 0 fully saturated rings. The predicted molar refractivity (Wildman–Crippen MR) is 103 cm³/mol. The van der Waals surface area contributed by atoms with Gasteiger partial charge in [-0.05, 0) is 41.5 Å². The average molecular weight is 361 g/mol. The molecule has 0 unspecified atom stereocenters. The zero-order chi connectivity index (χ0) is 18.9. The van der Waals surface area contributed by atoms with Gasteiger partial charge in [0.1, 0.15) is 12.3 Å². The van der Waals surface area contributed by atoms with Crippen LogP contribution in [0.15, 0.2) is 78.0 Å². The van der Waals surface area contributed by atoms with Crippen molar-refractivity contribution in [2.45, 2.75) is 6.61 Å². The SMILES string of the molecule is COc1cc(C=NNC(=O)c2ccccn2)ccc1OCc1ccccc1. The van der Waals surface area contributed by atoms with Crippen molar-refractivity contribution in [3.8, 4) is 11.5 Å². The Morgan fingerprint density at radius 3 is 2.63 bits per heavy atom. The van der Waals surface area contributed by atoms with E-state index in [1.165, 1.54) is 6.21 Å². The largest absolute Gasteiger partial charge is 0.493 e. The van der Waals surface area contributed by atoms with Crippen LogP contribution in [-0.4, -0.2) is 24.2 Å². The van der Waals surface area contributed by atoms with Crippen molar-refractivity contribution in [1.29, 1.82) is 0 Å². The summed E-state index contributed by atoms with van der Waals surface area (Å²) in [6.45, 7) is 0.449. The number of ether oxygens (including phenoxy) is 2. The van der Waals surface area contributed by atoms with E-state index < -0.39 is 0 Å². The molecule has 0 saturated heterocycles. The summed E-state index contributed by atoms with van der Waals surface area (Å²) in [4.78, 5) is 15.9. The first-order chi connectivity index (χ1) is 13.3. The first kappa shape index (κ1) is 18.1. The smallest absolute Gasteiger partial charge is 0.289 e. The van der Waals surface area contributed by atoms with E-state index in [2.05, 4.69) is 15.5 Å². The fraction of sp³-hybridized carbons (Fsp3) is 0.0952. The highest BCUT2D eigenvalue weighted by molar-refractivity contribution is 5.93. The number of carbonyl (C=O) groups excluding carboxylic acids is 1. The maximum atomic E-state index is 11.9. The standard InChI is InChI=1S/C21H19N3O3/c1-26-20-13-17(14-23-24-21(25)18-9-5-6-12-22-18)10-11-19(20)27-15-16-7-3-2-4-8-16/h2-14H,15H2,1H3,(H,24,25). The Morgan fingerprint density at radius 1 is 1.07 bits per heavy atom. The molecule has 0 bridgehead atoms. The van der Waals surface area contributed by atoms with Crippen LogP contribution in [-0.2, 0) is 6.61 Å². The Balaban J connectivity index is 1.62. The molecule has 2 aromatic carbocycles. The molecule has 0 aliphatic rings. The third-order valence-electron chi connectivity index (χ3n) is 3.70. The lowest BCUT2D eigenvalue weighted by Gasteiger charge is -2.11. The molecule has 0 spiro atoms. The van der Waals surface area contributed by atoms with Gasteiger partial charge < -0.3 is 9.47 Å². The van der Waals surface area contributed by atoms with Gasteiger partial charge >= 0.3 is 0 Å². The molecular formula is C21H19N3O3. The second kappa shape index (κ2) is 9.15. The number of carbonyl (C=O) groups is 1. The van der Waals surface area contributed by atoms with Gasteiger partial charge in [-0.15, -0.1) is 0 Å². The molecule has 6 heteroatoms. The number of methoxy groups -OCH3 is 1. The lowest BCUT2D eigenvalue weighted by molar-refractivity contribution is 0.0950. The quantitative estimate of drug-likeness (QED) is 0.517. The summed E-state index contributed by atoms with van der Waals surface area (Å²) in [5.41, 5.74) is 4.58. The Morgan fingerprint density at radius 2 is 1.89 bits per heavy atom. The predicted octanol–water partition coefficient (Wildman–Crippen LogP) is 3.43. The maximum absolute atomic E-state index is 11.9. The molecule has 0 atom stereocenters. The monoisotopic (exact) mass is 361 g/mol. The van der Waals surface area contributed by atoms with E-state index in [9.17, 15) is 4.79 Å². The van der Waals surface area contributed by atoms with Gasteiger partial charge in [0.25, 0.3) is 5.91 Å². The molecule has 6 nitrogen and oxygen atoms in total. The molecule has 0 radical (unpaired) electrons. The Bertz CT molecular complexity index is 912. The summed E-state index contributed by atoms with van der Waals surface area (Å²) in [7, 11) is 1.58. The van der Waals surface area contributed by atoms with Crippen molar-refractivity contribution in [1.82, 2.24) is 10.4 Å². The Hall–Kier alpha value is -3.67. The normalized spacial score (nSPS) is 10.6. The maximum Gasteiger partial charge on any atom is 0.289 e. The summed E-state index contributed by atoms with van der Waals surface area (Å²) < 4.78 is 11.2. The number of nitrogens with zero attached hydrogens (tertiary/aromatic N) is 2. The number of hydrogen-bond donors (Lipinski definition) is 1. The van der Waals surface area contributed by atoms with Crippen LogP contribution in [0.5, 0.6) is 11.5 Å². The fourth-order valence-corrected chi connectivity index (χ4v) is 2.34. The van der Waals surface area contributed by atoms with Crippen molar-refractivity contribution >= 4 is 12.1 Å². The number of aromatic nitrogens is 1. The first-order valence-electron chi connectivity index (χ1n) is 8.35. The Kier molecular flexibility index (Phi) is 6.14. The topological polar surface area (TPSA) is 72.8 Å². The van der Waals surface area contributed by atoms with Crippen LogP contribution >= 0.6 is 0 Å². The van der Waals surface area contributed by atoms with Crippen LogP contribution in [0.25, 0.3) is 0 Å². The van der Waals surface area contributed by atoms with Crippen LogP contribution in [0.2, 0.25) is 0 Å². The van der Waals surface area contributed by atoms with Gasteiger partial charge in [-0.25, -0.2) is 5.43 Å². The summed E-state index contributed by atoms with van der Waals surface area (Å²) in [5.74, 6) is 0.851. The van der Waals surface area contributed by atoms with Gasteiger partial charge in [0.15, 0.2) is 11.5 Å². The van der Waals surface area contributed by atoms with Crippen molar-refractivity contribution in [3.05, 3.63) is 89.7 Å². The Labute approximate surface area is 157 Å². The van der Waals surface area contributed by atoms with E-state index >= 15 is 0 Å². The lowest BCUT2D eigenvalue weighted by Crippen LogP contribution is -2.18. The van der Waals surface area contributed by atoms with Crippen LogP contribution < -0.4 is 14.9 Å². The molecule has 1 N–H and O–H groups in total. The zero-order valence-corrected chi connectivity index (χ0v) is 14.8. The highest BCUT2D eigenvalue weighted by Crippen LogP contribution is 2.28. The van der Waals surface area contributed by atoms with E-state index in [0.717, 1.165) is 11.1 Å². The van der Waals surface area contributed by atoms with E-state index in [0.29, 0.717) is 23.8 Å². The lowest BCUT2D eigenvalue weighted by atomic mass is 10.2. The van der Waals surface area contributed by atoms with Gasteiger partial charge in [-0.2, -0.15) is 5.10 Å². The van der Waals surface area contributed by atoms with E-state index in [-0.39, 0.29) is 5.91 Å². The second-order valence-corrected chi connectivity index (χ2v) is 5.60. The number of rotatable bonds is 7. The third-order valence-corrected chi connectivity index (χ3v) is 3.70. The van der Waals surface area contributed by atoms with Crippen LogP contribution in [0.1, 0.15) is 21.6 Å². The van der Waals surface area contributed by atoms with E-state index in [4.69, 9.17) is 9.47 Å². The molecule has 1 aromatic heterocycles. The number of benzene rings is 2. The minimum Gasteiger partial charge on any atom is -0.493 e. The fourth-order valence-electron chi connectivity index (χ4n) is 2.34. The molecular weight excluding hydrogens is 342 g/mol. The summed E-state index contributed by atoms with van der Waals surface area (Å²) in [6.07, 6.45) is 3.09. The van der Waals surface area contributed by atoms with Crippen LogP contribution in [0, 0.1) is 0 Å². The molecule has 3 rings (SSSR count). The molecule has 1 amide bonds. The van der Waals surface area contributed by atoms with E-state index in [1.807, 2.05) is 42.5 Å². The van der Waals surface area contributed by atoms with Crippen molar-refractivity contribution in [3.63, 3.8) is 0 Å². The molecule has 27 heavy (non-hydrogen) atoms. The number of amides is 1. The van der Waals surface area contributed by atoms with Crippen molar-refractivity contribution in [2.75, 3.05) is 7.11 Å². The number of nitrogens with one attached hydrogen (secondary N) is 1. The number of hydrazone groups is 1. The molecule has 0 aliphatic heterocycles. The van der Waals surface area contributed by atoms with Crippen LogP contribution in [0.3, 0.4) is 0 Å². The summed E-state index contributed by atoms with van der Waals surface area (Å²) >= 11 is 0. The highest BCUT2D eigenvalue weighted by Gasteiger charge is 2.06. The molecule has 0 aliphatic carbocycles. The number of hydrogen-bond acceptors (Lipinski definition) is 5. The zero-order valence-electron chi connectivity index (χ0n) is 14.8. The van der Waals surface area contributed by atoms with Gasteiger partial charge in [-0.3, -0.25) is 9.78 Å². The van der Waals surface area contributed by atoms with E-state index in [1.54, 1.807) is 37.6 Å². The van der Waals surface area contributed by atoms with Crippen LogP contribution in [0.4, 0.5) is 0 Å². The van der Waals surface area contributed by atoms with Crippen molar-refractivity contribution in [2.24, 2.45) is 5.10 Å². The van der Waals surface area contributed by atoms with Gasteiger partial charge in [0, 0.05) is 6.20 Å². The third kappa shape index (κ3) is 5.15. The van der Waals surface area contributed by atoms with Gasteiger partial charge in [0.05, 0.1) is 13.3 Å². The minimum absolute atomic E-state index is 0.303. The minimum atomic E-state index is -0.373. The molecule has 1 heterocycles. The molecule has 3 aromatic rings. The second-order valence-electron chi connectivity index (χ2n) is 5.60. The van der Waals surface area contributed by atoms with Gasteiger partial charge in [-0.1, -0.05) is 36.4 Å². The number of pyridine rings is 1. The van der Waals surface area contributed by atoms with Crippen molar-refractivity contribution < 1.29 is 14.3 Å². The summed E-state index contributed by atoms with van der Waals surface area (Å²) in [6, 6.07) is 20.4. The molecule has 0 saturated carbocycles. The van der Waals surface area contributed by atoms with Gasteiger partial charge in [0.2, 0.25) is 0 Å². The molecule has 136 valence electrons. The highest BCUT2D eigenvalue weighted by atomic mass is 16.5. The average Bonchev–Trinajstić information content (AvgIpc) is 2.74. The first-order valence-corrected chi connectivity index (χ1v) is 8.35.